The zero-order chi connectivity index (χ0) is 13.7. The lowest BCUT2D eigenvalue weighted by molar-refractivity contribution is -0.120. The Bertz CT molecular complexity index is 283. The molecule has 0 radical (unpaired) electrons. The first-order valence-corrected chi connectivity index (χ1v) is 7.94. The highest BCUT2D eigenvalue weighted by molar-refractivity contribution is 5.76. The molecule has 0 aromatic heterocycles. The Hall–Kier alpha value is -0.610. The molecule has 1 amide bonds. The van der Waals surface area contributed by atoms with Crippen LogP contribution >= 0.6 is 0 Å². The number of carbonyl (C=O) groups is 1. The lowest BCUT2D eigenvalue weighted by Crippen LogP contribution is -2.48. The van der Waals surface area contributed by atoms with Crippen LogP contribution in [0, 0.1) is 0 Å². The average Bonchev–Trinajstić information content (AvgIpc) is 2.90. The third-order valence-electron chi connectivity index (χ3n) is 4.74. The summed E-state index contributed by atoms with van der Waals surface area (Å²) in [5, 5.41) is 3.61. The van der Waals surface area contributed by atoms with Gasteiger partial charge in [-0.15, -0.1) is 0 Å². The quantitative estimate of drug-likeness (QED) is 0.769. The molecule has 19 heavy (non-hydrogen) atoms. The van der Waals surface area contributed by atoms with Gasteiger partial charge in [-0.25, -0.2) is 0 Å². The highest BCUT2D eigenvalue weighted by Crippen LogP contribution is 2.26. The molecule has 4 heteroatoms. The van der Waals surface area contributed by atoms with Crippen LogP contribution in [0.4, 0.5) is 0 Å². The van der Waals surface area contributed by atoms with Gasteiger partial charge < -0.3 is 11.1 Å². The molecule has 2 atom stereocenters. The second-order valence-electron chi connectivity index (χ2n) is 6.31. The second kappa shape index (κ2) is 7.25. The van der Waals surface area contributed by atoms with Crippen molar-refractivity contribution in [1.82, 2.24) is 10.2 Å². The Kier molecular flexibility index (Phi) is 5.64. The Morgan fingerprint density at radius 1 is 1.26 bits per heavy atom. The van der Waals surface area contributed by atoms with Crippen molar-refractivity contribution in [2.45, 2.75) is 76.4 Å². The molecule has 3 N–H and O–H groups in total. The van der Waals surface area contributed by atoms with E-state index < -0.39 is 0 Å². The normalized spacial score (nSPS) is 26.7. The summed E-state index contributed by atoms with van der Waals surface area (Å²) < 4.78 is 0. The maximum atomic E-state index is 11.3. The highest BCUT2D eigenvalue weighted by Gasteiger charge is 2.29. The summed E-state index contributed by atoms with van der Waals surface area (Å²) in [6.45, 7) is 3.84. The molecule has 0 aromatic carbocycles. The van der Waals surface area contributed by atoms with Crippen LogP contribution in [0.15, 0.2) is 0 Å². The number of hydrogen-bond acceptors (Lipinski definition) is 3. The molecule has 110 valence electrons. The van der Waals surface area contributed by atoms with Gasteiger partial charge in [-0.3, -0.25) is 9.69 Å². The molecule has 2 fully saturated rings. The molecular formula is C15H29N3O. The summed E-state index contributed by atoms with van der Waals surface area (Å²) >= 11 is 0. The van der Waals surface area contributed by atoms with Crippen LogP contribution in [0.3, 0.4) is 0 Å². The Morgan fingerprint density at radius 3 is 2.53 bits per heavy atom. The number of carbonyl (C=O) groups excluding carboxylic acids is 1. The minimum absolute atomic E-state index is 0.185. The van der Waals surface area contributed by atoms with Crippen molar-refractivity contribution in [1.29, 1.82) is 0 Å². The maximum Gasteiger partial charge on any atom is 0.231 e. The number of nitrogens with two attached hydrogens (primary N) is 1. The molecule has 1 aliphatic heterocycles. The summed E-state index contributed by atoms with van der Waals surface area (Å²) in [6, 6.07) is 1.65. The molecule has 1 saturated carbocycles. The molecule has 2 rings (SSSR count). The van der Waals surface area contributed by atoms with Gasteiger partial charge in [0, 0.05) is 18.1 Å². The van der Waals surface area contributed by atoms with Crippen LogP contribution in [0.5, 0.6) is 0 Å². The molecular weight excluding hydrogens is 238 g/mol. The molecule has 1 heterocycles. The highest BCUT2D eigenvalue weighted by atomic mass is 16.1. The van der Waals surface area contributed by atoms with Crippen molar-refractivity contribution < 1.29 is 4.79 Å². The van der Waals surface area contributed by atoms with Crippen LogP contribution in [0.25, 0.3) is 0 Å². The number of piperidine rings is 1. The molecule has 0 aromatic rings. The summed E-state index contributed by atoms with van der Waals surface area (Å²) in [7, 11) is 0. The van der Waals surface area contributed by atoms with E-state index in [1.807, 2.05) is 0 Å². The third-order valence-corrected chi connectivity index (χ3v) is 4.74. The topological polar surface area (TPSA) is 58.4 Å². The van der Waals surface area contributed by atoms with E-state index in [-0.39, 0.29) is 5.91 Å². The number of nitrogens with one attached hydrogen (secondary N) is 1. The summed E-state index contributed by atoms with van der Waals surface area (Å²) in [5.74, 6) is -0.185. The number of nitrogens with zero attached hydrogens (tertiary/aromatic N) is 1. The SMILES string of the molecule is CC(CC1CCCCN1)N(CC(N)=O)C1CCCC1. The maximum absolute atomic E-state index is 11.3. The van der Waals surface area contributed by atoms with Crippen molar-refractivity contribution in [2.24, 2.45) is 5.73 Å². The molecule has 4 nitrogen and oxygen atoms in total. The third kappa shape index (κ3) is 4.46. The monoisotopic (exact) mass is 267 g/mol. The van der Waals surface area contributed by atoms with Gasteiger partial charge in [0.15, 0.2) is 0 Å². The van der Waals surface area contributed by atoms with Crippen molar-refractivity contribution in [3.05, 3.63) is 0 Å². The first-order chi connectivity index (χ1) is 9.16. The van der Waals surface area contributed by atoms with E-state index in [1.54, 1.807) is 0 Å². The van der Waals surface area contributed by atoms with Gasteiger partial charge in [-0.2, -0.15) is 0 Å². The van der Waals surface area contributed by atoms with Crippen molar-refractivity contribution >= 4 is 5.91 Å². The fourth-order valence-electron chi connectivity index (χ4n) is 3.73. The summed E-state index contributed by atoms with van der Waals surface area (Å²) in [4.78, 5) is 13.7. The zero-order valence-electron chi connectivity index (χ0n) is 12.2. The van der Waals surface area contributed by atoms with Crippen molar-refractivity contribution in [3.63, 3.8) is 0 Å². The number of primary amides is 1. The summed E-state index contributed by atoms with van der Waals surface area (Å²) in [5.41, 5.74) is 5.44. The van der Waals surface area contributed by atoms with Crippen LogP contribution in [-0.2, 0) is 4.79 Å². The number of rotatable bonds is 6. The minimum atomic E-state index is -0.185. The minimum Gasteiger partial charge on any atom is -0.369 e. The van der Waals surface area contributed by atoms with Crippen LogP contribution in [-0.4, -0.2) is 42.0 Å². The molecule has 2 unspecified atom stereocenters. The van der Waals surface area contributed by atoms with Crippen LogP contribution in [0.2, 0.25) is 0 Å². The lowest BCUT2D eigenvalue weighted by Gasteiger charge is -2.36. The summed E-state index contributed by atoms with van der Waals surface area (Å²) in [6.07, 6.45) is 10.1. The van der Waals surface area contributed by atoms with Crippen molar-refractivity contribution in [2.75, 3.05) is 13.1 Å². The smallest absolute Gasteiger partial charge is 0.231 e. The van der Waals surface area contributed by atoms with Gasteiger partial charge in [0.05, 0.1) is 6.54 Å². The number of amides is 1. The van der Waals surface area contributed by atoms with E-state index in [1.165, 1.54) is 44.9 Å². The van der Waals surface area contributed by atoms with Gasteiger partial charge in [0.25, 0.3) is 0 Å². The fraction of sp³-hybridized carbons (Fsp3) is 0.933. The van der Waals surface area contributed by atoms with E-state index in [0.717, 1.165) is 13.0 Å². The Balaban J connectivity index is 1.89. The molecule has 0 spiro atoms. The Labute approximate surface area is 117 Å². The van der Waals surface area contributed by atoms with E-state index in [4.69, 9.17) is 5.73 Å². The van der Waals surface area contributed by atoms with E-state index >= 15 is 0 Å². The number of hydrogen-bond donors (Lipinski definition) is 2. The predicted molar refractivity (Wildman–Crippen MR) is 77.9 cm³/mol. The molecule has 2 aliphatic rings. The first kappa shape index (κ1) is 14.8. The van der Waals surface area contributed by atoms with Crippen molar-refractivity contribution in [3.8, 4) is 0 Å². The first-order valence-electron chi connectivity index (χ1n) is 7.94. The second-order valence-corrected chi connectivity index (χ2v) is 6.31. The fourth-order valence-corrected chi connectivity index (χ4v) is 3.73. The Morgan fingerprint density at radius 2 is 1.95 bits per heavy atom. The predicted octanol–water partition coefficient (Wildman–Crippen LogP) is 1.64. The molecule has 0 bridgehead atoms. The zero-order valence-corrected chi connectivity index (χ0v) is 12.2. The largest absolute Gasteiger partial charge is 0.369 e. The van der Waals surface area contributed by atoms with Crippen LogP contribution in [0.1, 0.15) is 58.3 Å². The average molecular weight is 267 g/mol. The van der Waals surface area contributed by atoms with Gasteiger partial charge >= 0.3 is 0 Å². The van der Waals surface area contributed by atoms with Crippen LogP contribution < -0.4 is 11.1 Å². The van der Waals surface area contributed by atoms with Gasteiger partial charge in [-0.05, 0) is 45.6 Å². The molecule has 1 aliphatic carbocycles. The van der Waals surface area contributed by atoms with E-state index in [2.05, 4.69) is 17.1 Å². The van der Waals surface area contributed by atoms with Gasteiger partial charge in [0.1, 0.15) is 0 Å². The van der Waals surface area contributed by atoms with Gasteiger partial charge in [0.2, 0.25) is 5.91 Å². The standard InChI is InChI=1S/C15H29N3O/c1-12(10-13-6-4-5-9-17-13)18(11-15(16)19)14-7-2-3-8-14/h12-14,17H,2-11H2,1H3,(H2,16,19). The molecule has 1 saturated heterocycles. The van der Waals surface area contributed by atoms with Gasteiger partial charge in [-0.1, -0.05) is 19.3 Å². The van der Waals surface area contributed by atoms with E-state index in [9.17, 15) is 4.79 Å². The lowest BCUT2D eigenvalue weighted by atomic mass is 9.97. The van der Waals surface area contributed by atoms with E-state index in [0.29, 0.717) is 24.7 Å².